The van der Waals surface area contributed by atoms with Gasteiger partial charge in [0.05, 0.1) is 17.4 Å². The van der Waals surface area contributed by atoms with Crippen LogP contribution in [0.3, 0.4) is 0 Å². The van der Waals surface area contributed by atoms with Gasteiger partial charge < -0.3 is 11.1 Å². The lowest BCUT2D eigenvalue weighted by atomic mass is 9.92. The molecule has 1 aromatic rings. The van der Waals surface area contributed by atoms with Gasteiger partial charge in [-0.2, -0.15) is 0 Å². The van der Waals surface area contributed by atoms with Gasteiger partial charge >= 0.3 is 0 Å². The predicted octanol–water partition coefficient (Wildman–Crippen LogP) is 1.54. The number of hydrogen-bond donors (Lipinski definition) is 3. The zero-order chi connectivity index (χ0) is 15.6. The molecule has 0 saturated heterocycles. The minimum absolute atomic E-state index is 0. The lowest BCUT2D eigenvalue weighted by Gasteiger charge is -2.21. The van der Waals surface area contributed by atoms with Crippen molar-refractivity contribution in [2.75, 3.05) is 22.8 Å². The summed E-state index contributed by atoms with van der Waals surface area (Å²) >= 11 is 0. The van der Waals surface area contributed by atoms with Crippen LogP contribution in [0.1, 0.15) is 13.8 Å². The lowest BCUT2D eigenvalue weighted by Crippen LogP contribution is -2.37. The van der Waals surface area contributed by atoms with Crippen LogP contribution in [-0.2, 0) is 14.8 Å². The fraction of sp³-hybridized carbons (Fsp3) is 0.417. The monoisotopic (exact) mass is 339 g/mol. The van der Waals surface area contributed by atoms with E-state index in [1.165, 1.54) is 12.1 Å². The fourth-order valence-electron chi connectivity index (χ4n) is 1.27. The van der Waals surface area contributed by atoms with E-state index < -0.39 is 21.3 Å². The number of amides is 1. The zero-order valence-electron chi connectivity index (χ0n) is 11.9. The highest BCUT2D eigenvalue weighted by Gasteiger charge is 2.26. The molecule has 1 amide bonds. The largest absolute Gasteiger partial charge is 0.329 e. The first-order chi connectivity index (χ1) is 9.05. The van der Waals surface area contributed by atoms with E-state index >= 15 is 0 Å². The smallest absolute Gasteiger partial charge is 0.231 e. The average Bonchev–Trinajstić information content (AvgIpc) is 2.31. The lowest BCUT2D eigenvalue weighted by molar-refractivity contribution is -0.123. The van der Waals surface area contributed by atoms with Crippen LogP contribution in [0.5, 0.6) is 0 Å². The van der Waals surface area contributed by atoms with E-state index in [0.29, 0.717) is 0 Å². The summed E-state index contributed by atoms with van der Waals surface area (Å²) in [6.45, 7) is 3.48. The summed E-state index contributed by atoms with van der Waals surface area (Å²) < 4.78 is 37.7. The number of carbonyl (C=O) groups excluding carboxylic acids is 1. The molecule has 0 aliphatic rings. The van der Waals surface area contributed by atoms with Gasteiger partial charge in [0.15, 0.2) is 0 Å². The summed E-state index contributed by atoms with van der Waals surface area (Å²) in [4.78, 5) is 11.9. The molecule has 0 unspecified atom stereocenters. The van der Waals surface area contributed by atoms with Crippen molar-refractivity contribution in [3.8, 4) is 0 Å². The molecule has 0 fully saturated rings. The van der Waals surface area contributed by atoms with Crippen LogP contribution in [0.25, 0.3) is 0 Å². The Hall–Kier alpha value is -1.38. The summed E-state index contributed by atoms with van der Waals surface area (Å²) in [5.41, 5.74) is 4.76. The Morgan fingerprint density at radius 1 is 1.38 bits per heavy atom. The van der Waals surface area contributed by atoms with Crippen LogP contribution < -0.4 is 15.8 Å². The predicted molar refractivity (Wildman–Crippen MR) is 83.6 cm³/mol. The summed E-state index contributed by atoms with van der Waals surface area (Å²) in [5, 5.41) is 2.57. The Morgan fingerprint density at radius 3 is 2.43 bits per heavy atom. The highest BCUT2D eigenvalue weighted by Crippen LogP contribution is 2.22. The normalized spacial score (nSPS) is 11.5. The molecular weight excluding hydrogens is 321 g/mol. The highest BCUT2D eigenvalue weighted by atomic mass is 35.5. The molecule has 6 nitrogen and oxygen atoms in total. The van der Waals surface area contributed by atoms with Crippen molar-refractivity contribution in [1.29, 1.82) is 0 Å². The van der Waals surface area contributed by atoms with E-state index in [2.05, 4.69) is 5.32 Å². The molecule has 0 aliphatic carbocycles. The second-order valence-electron chi connectivity index (χ2n) is 5.11. The third-order valence-corrected chi connectivity index (χ3v) is 3.24. The Bertz CT molecular complexity index is 620. The van der Waals surface area contributed by atoms with Crippen LogP contribution in [0.2, 0.25) is 0 Å². The van der Waals surface area contributed by atoms with E-state index in [1.807, 2.05) is 4.72 Å². The van der Waals surface area contributed by atoms with Crippen molar-refractivity contribution in [2.24, 2.45) is 11.1 Å². The van der Waals surface area contributed by atoms with E-state index in [9.17, 15) is 17.6 Å². The molecule has 0 atom stereocenters. The van der Waals surface area contributed by atoms with E-state index in [4.69, 9.17) is 5.73 Å². The van der Waals surface area contributed by atoms with Crippen molar-refractivity contribution < 1.29 is 17.6 Å². The molecule has 1 aromatic carbocycles. The van der Waals surface area contributed by atoms with Crippen LogP contribution in [0.15, 0.2) is 18.2 Å². The summed E-state index contributed by atoms with van der Waals surface area (Å²) in [7, 11) is -3.60. The number of benzene rings is 1. The molecule has 0 radical (unpaired) electrons. The van der Waals surface area contributed by atoms with Gasteiger partial charge in [0.25, 0.3) is 0 Å². The molecule has 120 valence electrons. The molecule has 0 spiro atoms. The highest BCUT2D eigenvalue weighted by molar-refractivity contribution is 7.92. The first-order valence-corrected chi connectivity index (χ1v) is 7.73. The van der Waals surface area contributed by atoms with Crippen LogP contribution in [0.4, 0.5) is 15.8 Å². The number of nitrogens with one attached hydrogen (secondary N) is 2. The summed E-state index contributed by atoms with van der Waals surface area (Å²) in [6, 6.07) is 3.62. The minimum atomic E-state index is -3.60. The molecule has 0 heterocycles. The SMILES string of the molecule is CC(C)(CN)C(=O)Nc1ccc(F)c(NS(C)(=O)=O)c1.Cl. The molecule has 0 aliphatic heterocycles. The number of sulfonamides is 1. The van der Waals surface area contributed by atoms with Gasteiger partial charge in [-0.1, -0.05) is 0 Å². The number of halogens is 2. The van der Waals surface area contributed by atoms with Crippen LogP contribution in [0, 0.1) is 11.2 Å². The number of anilines is 2. The number of hydrogen-bond acceptors (Lipinski definition) is 4. The third kappa shape index (κ3) is 5.86. The van der Waals surface area contributed by atoms with Gasteiger partial charge in [-0.3, -0.25) is 9.52 Å². The maximum absolute atomic E-state index is 13.5. The summed E-state index contributed by atoms with van der Waals surface area (Å²) in [6.07, 6.45) is 0.912. The number of rotatable bonds is 5. The molecule has 21 heavy (non-hydrogen) atoms. The van der Waals surface area contributed by atoms with Gasteiger partial charge in [0.2, 0.25) is 15.9 Å². The molecule has 0 bridgehead atoms. The minimum Gasteiger partial charge on any atom is -0.329 e. The van der Waals surface area contributed by atoms with E-state index in [1.54, 1.807) is 13.8 Å². The zero-order valence-corrected chi connectivity index (χ0v) is 13.6. The van der Waals surface area contributed by atoms with Crippen molar-refractivity contribution in [2.45, 2.75) is 13.8 Å². The fourth-order valence-corrected chi connectivity index (χ4v) is 1.83. The van der Waals surface area contributed by atoms with E-state index in [-0.39, 0.29) is 36.2 Å². The van der Waals surface area contributed by atoms with Crippen molar-refractivity contribution in [3.05, 3.63) is 24.0 Å². The second kappa shape index (κ2) is 7.06. The standard InChI is InChI=1S/C12H18FN3O3S.ClH/c1-12(2,7-14)11(17)15-8-4-5-9(13)10(6-8)16-20(3,18)19;/h4-6,16H,7,14H2,1-3H3,(H,15,17);1H. The van der Waals surface area contributed by atoms with Crippen molar-refractivity contribution in [3.63, 3.8) is 0 Å². The average molecular weight is 340 g/mol. The number of nitrogens with two attached hydrogens (primary N) is 1. The molecule has 4 N–H and O–H groups in total. The van der Waals surface area contributed by atoms with Crippen molar-refractivity contribution in [1.82, 2.24) is 0 Å². The Kier molecular flexibility index (Phi) is 6.59. The maximum atomic E-state index is 13.5. The Balaban J connectivity index is 0.00000400. The van der Waals surface area contributed by atoms with Gasteiger partial charge in [-0.25, -0.2) is 12.8 Å². The number of carbonyl (C=O) groups is 1. The third-order valence-electron chi connectivity index (χ3n) is 2.64. The quantitative estimate of drug-likeness (QED) is 0.757. The maximum Gasteiger partial charge on any atom is 0.231 e. The molecule has 0 aromatic heterocycles. The van der Waals surface area contributed by atoms with Crippen LogP contribution in [-0.4, -0.2) is 27.1 Å². The van der Waals surface area contributed by atoms with E-state index in [0.717, 1.165) is 12.3 Å². The second-order valence-corrected chi connectivity index (χ2v) is 6.86. The van der Waals surface area contributed by atoms with Crippen molar-refractivity contribution >= 4 is 39.7 Å². The van der Waals surface area contributed by atoms with Gasteiger partial charge in [-0.15, -0.1) is 12.4 Å². The first kappa shape index (κ1) is 19.6. The molecule has 0 saturated carbocycles. The molecular formula is C12H19ClFN3O3S. The molecule has 1 rings (SSSR count). The topological polar surface area (TPSA) is 101 Å². The summed E-state index contributed by atoms with van der Waals surface area (Å²) in [5.74, 6) is -1.07. The Labute approximate surface area is 129 Å². The van der Waals surface area contributed by atoms with Gasteiger partial charge in [0.1, 0.15) is 5.82 Å². The van der Waals surface area contributed by atoms with Crippen LogP contribution >= 0.6 is 12.4 Å². The van der Waals surface area contributed by atoms with Gasteiger partial charge in [0, 0.05) is 12.2 Å². The van der Waals surface area contributed by atoms with Gasteiger partial charge in [-0.05, 0) is 32.0 Å². The first-order valence-electron chi connectivity index (χ1n) is 5.84. The molecule has 9 heteroatoms. The Morgan fingerprint density at radius 2 is 1.95 bits per heavy atom.